The summed E-state index contributed by atoms with van der Waals surface area (Å²) < 4.78 is 4.53. The van der Waals surface area contributed by atoms with Gasteiger partial charge in [0.1, 0.15) is 6.04 Å². The molecule has 21 heavy (non-hydrogen) atoms. The smallest absolute Gasteiger partial charge is 0.356 e. The molecule has 0 aliphatic carbocycles. The number of pyridine rings is 1. The maximum Gasteiger partial charge on any atom is 0.356 e. The summed E-state index contributed by atoms with van der Waals surface area (Å²) in [6, 6.07) is 1.77. The van der Waals surface area contributed by atoms with Gasteiger partial charge in [0.05, 0.1) is 12.0 Å². The fourth-order valence-electron chi connectivity index (χ4n) is 2.04. The Morgan fingerprint density at radius 1 is 1.57 bits per heavy atom. The largest absolute Gasteiger partial charge is 0.464 e. The van der Waals surface area contributed by atoms with Gasteiger partial charge in [-0.15, -0.1) is 0 Å². The topological polar surface area (TPSA) is 115 Å². The number of aromatic nitrogens is 1. The Hall–Kier alpha value is -2.71. The van der Waals surface area contributed by atoms with Gasteiger partial charge in [-0.05, 0) is 12.5 Å². The summed E-state index contributed by atoms with van der Waals surface area (Å²) in [6.07, 6.45) is 0.511. The van der Waals surface area contributed by atoms with Gasteiger partial charge in [-0.2, -0.15) is 0 Å². The number of nitro groups is 1. The minimum Gasteiger partial charge on any atom is -0.464 e. The molecule has 1 atom stereocenters. The molecule has 0 bridgehead atoms. The van der Waals surface area contributed by atoms with E-state index in [9.17, 15) is 19.7 Å². The van der Waals surface area contributed by atoms with Crippen LogP contribution in [0.3, 0.4) is 0 Å². The number of ether oxygens (including phenoxy) is 1. The van der Waals surface area contributed by atoms with Gasteiger partial charge in [0, 0.05) is 19.7 Å². The SMILES string of the molecule is COC(=O)c1ccc([N+](=O)[O-])c(NC2CCN(C)C2=O)n1. The van der Waals surface area contributed by atoms with Gasteiger partial charge in [-0.25, -0.2) is 9.78 Å². The van der Waals surface area contributed by atoms with E-state index in [0.717, 1.165) is 6.07 Å². The lowest BCUT2D eigenvalue weighted by molar-refractivity contribution is -0.384. The van der Waals surface area contributed by atoms with Crippen molar-refractivity contribution in [3.8, 4) is 0 Å². The molecule has 0 radical (unpaired) electrons. The highest BCUT2D eigenvalue weighted by Gasteiger charge is 2.31. The quantitative estimate of drug-likeness (QED) is 0.486. The van der Waals surface area contributed by atoms with Gasteiger partial charge >= 0.3 is 11.7 Å². The molecule has 2 rings (SSSR count). The summed E-state index contributed by atoms with van der Waals surface area (Å²) in [7, 11) is 2.84. The third-order valence-electron chi connectivity index (χ3n) is 3.20. The van der Waals surface area contributed by atoms with Crippen LogP contribution >= 0.6 is 0 Å². The molecule has 0 saturated carbocycles. The molecule has 112 valence electrons. The van der Waals surface area contributed by atoms with Crippen molar-refractivity contribution in [3.63, 3.8) is 0 Å². The lowest BCUT2D eigenvalue weighted by Gasteiger charge is -2.13. The molecule has 1 aliphatic heterocycles. The lowest BCUT2D eigenvalue weighted by Crippen LogP contribution is -2.31. The summed E-state index contributed by atoms with van der Waals surface area (Å²) in [5.74, 6) is -0.992. The summed E-state index contributed by atoms with van der Waals surface area (Å²) in [5.41, 5.74) is -0.366. The van der Waals surface area contributed by atoms with Crippen molar-refractivity contribution >= 4 is 23.4 Å². The zero-order chi connectivity index (χ0) is 15.6. The second kappa shape index (κ2) is 5.73. The number of carbonyl (C=O) groups excluding carboxylic acids is 2. The van der Waals surface area contributed by atoms with Crippen LogP contribution in [0.5, 0.6) is 0 Å². The average molecular weight is 294 g/mol. The maximum absolute atomic E-state index is 11.8. The number of carbonyl (C=O) groups is 2. The van der Waals surface area contributed by atoms with E-state index < -0.39 is 16.9 Å². The van der Waals surface area contributed by atoms with E-state index in [1.807, 2.05) is 0 Å². The van der Waals surface area contributed by atoms with Gasteiger partial charge in [0.15, 0.2) is 5.69 Å². The van der Waals surface area contributed by atoms with E-state index >= 15 is 0 Å². The number of nitrogens with one attached hydrogen (secondary N) is 1. The molecule has 2 heterocycles. The van der Waals surface area contributed by atoms with Crippen LogP contribution in [0, 0.1) is 10.1 Å². The summed E-state index contributed by atoms with van der Waals surface area (Å²) >= 11 is 0. The summed E-state index contributed by atoms with van der Waals surface area (Å²) in [4.78, 5) is 39.1. The number of nitrogens with zero attached hydrogens (tertiary/aromatic N) is 3. The Bertz CT molecular complexity index is 603. The maximum atomic E-state index is 11.8. The van der Waals surface area contributed by atoms with Crippen molar-refractivity contribution in [2.45, 2.75) is 12.5 Å². The molecule has 0 spiro atoms. The molecular weight excluding hydrogens is 280 g/mol. The Morgan fingerprint density at radius 2 is 2.29 bits per heavy atom. The zero-order valence-electron chi connectivity index (χ0n) is 11.5. The van der Waals surface area contributed by atoms with E-state index in [-0.39, 0.29) is 23.1 Å². The second-order valence-corrected chi connectivity index (χ2v) is 4.56. The van der Waals surface area contributed by atoms with E-state index in [2.05, 4.69) is 15.0 Å². The van der Waals surface area contributed by atoms with Crippen molar-refractivity contribution in [2.24, 2.45) is 0 Å². The number of rotatable bonds is 4. The zero-order valence-corrected chi connectivity index (χ0v) is 11.5. The molecule has 1 aromatic rings. The molecule has 1 amide bonds. The molecule has 1 aliphatic rings. The van der Waals surface area contributed by atoms with Crippen LogP contribution in [0.25, 0.3) is 0 Å². The number of esters is 1. The van der Waals surface area contributed by atoms with Gasteiger partial charge < -0.3 is 15.0 Å². The van der Waals surface area contributed by atoms with Crippen molar-refractivity contribution < 1.29 is 19.2 Å². The summed E-state index contributed by atoms with van der Waals surface area (Å²) in [5, 5.41) is 13.7. The van der Waals surface area contributed by atoms with Crippen LogP contribution in [0.1, 0.15) is 16.9 Å². The Balaban J connectivity index is 2.33. The van der Waals surface area contributed by atoms with Gasteiger partial charge in [-0.3, -0.25) is 14.9 Å². The first-order valence-corrected chi connectivity index (χ1v) is 6.19. The van der Waals surface area contributed by atoms with E-state index in [1.165, 1.54) is 18.1 Å². The third-order valence-corrected chi connectivity index (χ3v) is 3.20. The van der Waals surface area contributed by atoms with Gasteiger partial charge in [-0.1, -0.05) is 0 Å². The molecule has 1 unspecified atom stereocenters. The minimum absolute atomic E-state index is 0.0654. The van der Waals surface area contributed by atoms with Crippen LogP contribution in [0.2, 0.25) is 0 Å². The molecule has 1 aromatic heterocycles. The van der Waals surface area contributed by atoms with E-state index in [0.29, 0.717) is 13.0 Å². The minimum atomic E-state index is -0.706. The number of likely N-dealkylation sites (tertiary alicyclic amines) is 1. The molecule has 0 aromatic carbocycles. The fraction of sp³-hybridized carbons (Fsp3) is 0.417. The molecule has 9 heteroatoms. The Kier molecular flexibility index (Phi) is 4.01. The monoisotopic (exact) mass is 294 g/mol. The van der Waals surface area contributed by atoms with Crippen LogP contribution in [-0.4, -0.2) is 53.4 Å². The number of likely N-dealkylation sites (N-methyl/N-ethyl adjacent to an activating group) is 1. The number of amides is 1. The van der Waals surface area contributed by atoms with Crippen LogP contribution in [-0.2, 0) is 9.53 Å². The predicted molar refractivity (Wildman–Crippen MR) is 71.9 cm³/mol. The molecule has 1 saturated heterocycles. The first kappa shape index (κ1) is 14.7. The van der Waals surface area contributed by atoms with Gasteiger partial charge in [0.2, 0.25) is 11.7 Å². The summed E-state index contributed by atoms with van der Waals surface area (Å²) in [6.45, 7) is 0.557. The molecule has 9 nitrogen and oxygen atoms in total. The molecule has 1 fully saturated rings. The first-order valence-electron chi connectivity index (χ1n) is 6.19. The van der Waals surface area contributed by atoms with E-state index in [4.69, 9.17) is 0 Å². The van der Waals surface area contributed by atoms with Crippen molar-refractivity contribution in [2.75, 3.05) is 26.0 Å². The van der Waals surface area contributed by atoms with Crippen molar-refractivity contribution in [3.05, 3.63) is 27.9 Å². The standard InChI is InChI=1S/C12H14N4O5/c1-15-6-5-7(11(15)17)13-10-9(16(19)20)4-3-8(14-10)12(18)21-2/h3-4,7H,5-6H2,1-2H3,(H,13,14). The Labute approximate surface area is 120 Å². The fourth-order valence-corrected chi connectivity index (χ4v) is 2.04. The highest BCUT2D eigenvalue weighted by atomic mass is 16.6. The number of hydrogen-bond acceptors (Lipinski definition) is 7. The second-order valence-electron chi connectivity index (χ2n) is 4.56. The van der Waals surface area contributed by atoms with E-state index in [1.54, 1.807) is 7.05 Å². The van der Waals surface area contributed by atoms with Crippen molar-refractivity contribution in [1.29, 1.82) is 0 Å². The van der Waals surface area contributed by atoms with Crippen LogP contribution in [0.4, 0.5) is 11.5 Å². The van der Waals surface area contributed by atoms with Gasteiger partial charge in [0.25, 0.3) is 0 Å². The predicted octanol–water partition coefficient (Wildman–Crippen LogP) is 0.419. The van der Waals surface area contributed by atoms with Crippen molar-refractivity contribution in [1.82, 2.24) is 9.88 Å². The average Bonchev–Trinajstić information content (AvgIpc) is 2.78. The number of methoxy groups -OCH3 is 1. The first-order chi connectivity index (χ1) is 9.93. The number of anilines is 1. The Morgan fingerprint density at radius 3 is 2.81 bits per heavy atom. The number of hydrogen-bond donors (Lipinski definition) is 1. The third kappa shape index (κ3) is 2.91. The van der Waals surface area contributed by atoms with Crippen LogP contribution < -0.4 is 5.32 Å². The molecule has 1 N–H and O–H groups in total. The highest BCUT2D eigenvalue weighted by molar-refractivity contribution is 5.89. The molecular formula is C12H14N4O5. The lowest BCUT2D eigenvalue weighted by atomic mass is 10.2. The van der Waals surface area contributed by atoms with Crippen LogP contribution in [0.15, 0.2) is 12.1 Å². The highest BCUT2D eigenvalue weighted by Crippen LogP contribution is 2.25. The normalized spacial score (nSPS) is 17.7.